The maximum Gasteiger partial charge on any atom is 0.317 e. The number of piperidine rings is 1. The van der Waals surface area contributed by atoms with Crippen LogP contribution in [0, 0.1) is 5.92 Å². The van der Waals surface area contributed by atoms with Crippen LogP contribution in [-0.4, -0.2) is 40.2 Å². The van der Waals surface area contributed by atoms with Crippen molar-refractivity contribution in [3.05, 3.63) is 41.4 Å². The fraction of sp³-hybridized carbons (Fsp3) is 0.444. The molecule has 2 unspecified atom stereocenters. The number of thiazole rings is 1. The molecule has 2 heterocycles. The summed E-state index contributed by atoms with van der Waals surface area (Å²) < 4.78 is 0. The van der Waals surface area contributed by atoms with Crippen molar-refractivity contribution in [2.75, 3.05) is 13.1 Å². The number of aliphatic hydroxyl groups excluding tert-OH is 1. The molecule has 2 amide bonds. The van der Waals surface area contributed by atoms with E-state index in [4.69, 9.17) is 0 Å². The average molecular weight is 345 g/mol. The van der Waals surface area contributed by atoms with E-state index in [-0.39, 0.29) is 18.1 Å². The van der Waals surface area contributed by atoms with E-state index in [1.807, 2.05) is 35.7 Å². The number of hydrogen-bond acceptors (Lipinski definition) is 4. The minimum absolute atomic E-state index is 0.0744. The highest BCUT2D eigenvalue weighted by atomic mass is 32.1. The van der Waals surface area contributed by atoms with E-state index in [9.17, 15) is 9.90 Å². The molecule has 3 rings (SSSR count). The molecule has 1 aliphatic heterocycles. The third-order valence-electron chi connectivity index (χ3n) is 4.42. The highest BCUT2D eigenvalue weighted by Gasteiger charge is 2.26. The lowest BCUT2D eigenvalue weighted by atomic mass is 9.94. The summed E-state index contributed by atoms with van der Waals surface area (Å²) in [6, 6.07) is 9.96. The van der Waals surface area contributed by atoms with Gasteiger partial charge in [-0.2, -0.15) is 0 Å². The first-order chi connectivity index (χ1) is 11.6. The fourth-order valence-corrected chi connectivity index (χ4v) is 3.79. The second-order valence-corrected chi connectivity index (χ2v) is 7.12. The number of nitrogens with one attached hydrogen (secondary N) is 1. The van der Waals surface area contributed by atoms with Crippen molar-refractivity contribution < 1.29 is 9.90 Å². The van der Waals surface area contributed by atoms with Gasteiger partial charge in [0.15, 0.2) is 0 Å². The van der Waals surface area contributed by atoms with E-state index in [1.54, 1.807) is 23.2 Å². The lowest BCUT2D eigenvalue weighted by molar-refractivity contribution is 0.0738. The zero-order valence-electron chi connectivity index (χ0n) is 13.8. The zero-order valence-corrected chi connectivity index (χ0v) is 14.6. The number of aromatic nitrogens is 1. The largest absolute Gasteiger partial charge is 0.393 e. The number of likely N-dealkylation sites (tertiary alicyclic amines) is 1. The van der Waals surface area contributed by atoms with E-state index >= 15 is 0 Å². The third kappa shape index (κ3) is 4.13. The first-order valence-electron chi connectivity index (χ1n) is 8.34. The second kappa shape index (κ2) is 7.77. The van der Waals surface area contributed by atoms with Crippen LogP contribution in [0.15, 0.2) is 35.7 Å². The number of carbonyl (C=O) groups is 1. The standard InChI is InChI=1S/C18H23N3O2S/c1-13(22)15-8-5-9-21(11-15)18(23)19-10-16-12-24-17(20-16)14-6-3-2-4-7-14/h2-4,6-7,12-13,15,22H,5,8-11H2,1H3,(H,19,23). The van der Waals surface area contributed by atoms with Gasteiger partial charge in [-0.1, -0.05) is 30.3 Å². The normalized spacial score (nSPS) is 19.1. The molecule has 1 saturated heterocycles. The van der Waals surface area contributed by atoms with Gasteiger partial charge in [-0.25, -0.2) is 9.78 Å². The Bertz CT molecular complexity index is 672. The molecule has 0 radical (unpaired) electrons. The van der Waals surface area contributed by atoms with Gasteiger partial charge in [0.2, 0.25) is 0 Å². The first kappa shape index (κ1) is 16.9. The number of aliphatic hydroxyl groups is 1. The van der Waals surface area contributed by atoms with Crippen LogP contribution in [0.2, 0.25) is 0 Å². The summed E-state index contributed by atoms with van der Waals surface area (Å²) in [6.07, 6.45) is 1.55. The van der Waals surface area contributed by atoms with Crippen LogP contribution in [0.3, 0.4) is 0 Å². The molecule has 0 bridgehead atoms. The molecule has 5 nitrogen and oxygen atoms in total. The monoisotopic (exact) mass is 345 g/mol. The van der Waals surface area contributed by atoms with E-state index in [1.165, 1.54) is 0 Å². The van der Waals surface area contributed by atoms with Gasteiger partial charge >= 0.3 is 6.03 Å². The highest BCUT2D eigenvalue weighted by molar-refractivity contribution is 7.13. The molecule has 24 heavy (non-hydrogen) atoms. The van der Waals surface area contributed by atoms with E-state index < -0.39 is 0 Å². The third-order valence-corrected chi connectivity index (χ3v) is 5.36. The molecule has 0 aliphatic carbocycles. The van der Waals surface area contributed by atoms with E-state index in [2.05, 4.69) is 10.3 Å². The molecule has 0 saturated carbocycles. The molecule has 6 heteroatoms. The van der Waals surface area contributed by atoms with Gasteiger partial charge in [-0.15, -0.1) is 11.3 Å². The average Bonchev–Trinajstić information content (AvgIpc) is 3.09. The van der Waals surface area contributed by atoms with Crippen molar-refractivity contribution in [2.24, 2.45) is 5.92 Å². The topological polar surface area (TPSA) is 65.5 Å². The number of hydrogen-bond donors (Lipinski definition) is 2. The van der Waals surface area contributed by atoms with Crippen molar-refractivity contribution in [1.82, 2.24) is 15.2 Å². The van der Waals surface area contributed by atoms with E-state index in [0.717, 1.165) is 35.7 Å². The Balaban J connectivity index is 1.54. The highest BCUT2D eigenvalue weighted by Crippen LogP contribution is 2.23. The summed E-state index contributed by atoms with van der Waals surface area (Å²) >= 11 is 1.59. The summed E-state index contributed by atoms with van der Waals surface area (Å²) in [7, 11) is 0. The van der Waals surface area contributed by atoms with Crippen LogP contribution in [0.1, 0.15) is 25.5 Å². The maximum absolute atomic E-state index is 12.3. The molecular formula is C18H23N3O2S. The number of amides is 2. The van der Waals surface area contributed by atoms with Gasteiger partial charge < -0.3 is 15.3 Å². The summed E-state index contributed by atoms with van der Waals surface area (Å²) in [5, 5.41) is 15.6. The van der Waals surface area contributed by atoms with Crippen molar-refractivity contribution in [3.63, 3.8) is 0 Å². The first-order valence-corrected chi connectivity index (χ1v) is 9.22. The fourth-order valence-electron chi connectivity index (χ4n) is 2.97. The predicted octanol–water partition coefficient (Wildman–Crippen LogP) is 3.11. The Labute approximate surface area is 146 Å². The Morgan fingerprint density at radius 1 is 1.46 bits per heavy atom. The lowest BCUT2D eigenvalue weighted by Crippen LogP contribution is -2.47. The number of rotatable bonds is 4. The molecular weight excluding hydrogens is 322 g/mol. The SMILES string of the molecule is CC(O)C1CCCN(C(=O)NCc2csc(-c3ccccc3)n2)C1. The molecule has 1 aromatic carbocycles. The predicted molar refractivity (Wildman–Crippen MR) is 95.8 cm³/mol. The molecule has 128 valence electrons. The molecule has 1 fully saturated rings. The van der Waals surface area contributed by atoms with Crippen LogP contribution < -0.4 is 5.32 Å². The van der Waals surface area contributed by atoms with Gasteiger partial charge in [0, 0.05) is 30.0 Å². The van der Waals surface area contributed by atoms with Crippen LogP contribution in [0.4, 0.5) is 4.79 Å². The van der Waals surface area contributed by atoms with Gasteiger partial charge in [0.25, 0.3) is 0 Å². The van der Waals surface area contributed by atoms with Gasteiger partial charge in [0.05, 0.1) is 18.3 Å². The summed E-state index contributed by atoms with van der Waals surface area (Å²) in [5.74, 6) is 0.174. The van der Waals surface area contributed by atoms with Crippen molar-refractivity contribution in [2.45, 2.75) is 32.4 Å². The van der Waals surface area contributed by atoms with Gasteiger partial charge in [-0.3, -0.25) is 0 Å². The van der Waals surface area contributed by atoms with Crippen LogP contribution in [0.25, 0.3) is 10.6 Å². The Hall–Kier alpha value is -1.92. The molecule has 2 aromatic rings. The summed E-state index contributed by atoms with van der Waals surface area (Å²) in [4.78, 5) is 18.7. The minimum Gasteiger partial charge on any atom is -0.393 e. The van der Waals surface area contributed by atoms with Crippen molar-refractivity contribution in [3.8, 4) is 10.6 Å². The molecule has 1 aliphatic rings. The number of urea groups is 1. The number of nitrogens with zero attached hydrogens (tertiary/aromatic N) is 2. The summed E-state index contributed by atoms with van der Waals surface area (Å²) in [6.45, 7) is 3.60. The summed E-state index contributed by atoms with van der Waals surface area (Å²) in [5.41, 5.74) is 1.96. The molecule has 1 aromatic heterocycles. The van der Waals surface area contributed by atoms with Crippen LogP contribution in [-0.2, 0) is 6.54 Å². The lowest BCUT2D eigenvalue weighted by Gasteiger charge is -2.34. The molecule has 0 spiro atoms. The minimum atomic E-state index is -0.368. The van der Waals surface area contributed by atoms with Crippen LogP contribution >= 0.6 is 11.3 Å². The Morgan fingerprint density at radius 3 is 3.00 bits per heavy atom. The second-order valence-electron chi connectivity index (χ2n) is 6.26. The molecule has 2 atom stereocenters. The van der Waals surface area contributed by atoms with Crippen molar-refractivity contribution in [1.29, 1.82) is 0 Å². The Kier molecular flexibility index (Phi) is 5.48. The molecule has 2 N–H and O–H groups in total. The quantitative estimate of drug-likeness (QED) is 0.895. The smallest absolute Gasteiger partial charge is 0.317 e. The number of carbonyl (C=O) groups excluding carboxylic acids is 1. The Morgan fingerprint density at radius 2 is 2.25 bits per heavy atom. The number of benzene rings is 1. The maximum atomic E-state index is 12.3. The zero-order chi connectivity index (χ0) is 16.9. The van der Waals surface area contributed by atoms with Gasteiger partial charge in [0.1, 0.15) is 5.01 Å². The van der Waals surface area contributed by atoms with Crippen molar-refractivity contribution >= 4 is 17.4 Å². The van der Waals surface area contributed by atoms with E-state index in [0.29, 0.717) is 13.1 Å². The van der Waals surface area contributed by atoms with Gasteiger partial charge in [-0.05, 0) is 19.8 Å². The van der Waals surface area contributed by atoms with Crippen LogP contribution in [0.5, 0.6) is 0 Å².